The Balaban J connectivity index is 1.96. The van der Waals surface area contributed by atoms with Crippen molar-refractivity contribution in [3.63, 3.8) is 0 Å². The van der Waals surface area contributed by atoms with Crippen LogP contribution in [0.1, 0.15) is 22.0 Å². The lowest BCUT2D eigenvalue weighted by Crippen LogP contribution is -2.48. The van der Waals surface area contributed by atoms with Gasteiger partial charge in [-0.25, -0.2) is 0 Å². The highest BCUT2D eigenvalue weighted by Crippen LogP contribution is 2.32. The van der Waals surface area contributed by atoms with Gasteiger partial charge in [-0.2, -0.15) is 0 Å². The van der Waals surface area contributed by atoms with E-state index in [9.17, 15) is 4.79 Å². The number of nitrogens with one attached hydrogen (secondary N) is 1. The van der Waals surface area contributed by atoms with E-state index in [-0.39, 0.29) is 11.9 Å². The lowest BCUT2D eigenvalue weighted by Gasteiger charge is -2.37. The quantitative estimate of drug-likeness (QED) is 0.938. The Hall–Kier alpha value is -2.53. The molecule has 1 saturated heterocycles. The van der Waals surface area contributed by atoms with E-state index in [1.165, 1.54) is 0 Å². The second-order valence-electron chi connectivity index (χ2n) is 5.66. The first-order valence-electron chi connectivity index (χ1n) is 8.04. The van der Waals surface area contributed by atoms with E-state index in [4.69, 9.17) is 9.47 Å². The lowest BCUT2D eigenvalue weighted by molar-refractivity contribution is 0.0628. The van der Waals surface area contributed by atoms with Crippen LogP contribution in [0.25, 0.3) is 0 Å². The van der Waals surface area contributed by atoms with Gasteiger partial charge in [0.2, 0.25) is 0 Å². The van der Waals surface area contributed by atoms with E-state index >= 15 is 0 Å². The molecule has 1 unspecified atom stereocenters. The Morgan fingerprint density at radius 1 is 1.04 bits per heavy atom. The van der Waals surface area contributed by atoms with Gasteiger partial charge in [0, 0.05) is 25.2 Å². The molecule has 0 aliphatic carbocycles. The normalized spacial score (nSPS) is 17.4. The van der Waals surface area contributed by atoms with Gasteiger partial charge >= 0.3 is 0 Å². The molecule has 0 bridgehead atoms. The number of carbonyl (C=O) groups is 1. The Labute approximate surface area is 142 Å². The van der Waals surface area contributed by atoms with Crippen LogP contribution in [0, 0.1) is 0 Å². The highest BCUT2D eigenvalue weighted by atomic mass is 16.5. The summed E-state index contributed by atoms with van der Waals surface area (Å²) in [5.41, 5.74) is 1.59. The maximum atomic E-state index is 13.1. The van der Waals surface area contributed by atoms with Gasteiger partial charge in [-0.1, -0.05) is 30.3 Å². The zero-order valence-electron chi connectivity index (χ0n) is 14.0. The molecular formula is C19H22N2O3. The Kier molecular flexibility index (Phi) is 5.01. The maximum Gasteiger partial charge on any atom is 0.258 e. The predicted octanol–water partition coefficient (Wildman–Crippen LogP) is 2.49. The van der Waals surface area contributed by atoms with Crippen LogP contribution in [0.15, 0.2) is 48.5 Å². The van der Waals surface area contributed by atoms with Gasteiger partial charge in [-0.3, -0.25) is 4.79 Å². The molecule has 1 heterocycles. The van der Waals surface area contributed by atoms with Gasteiger partial charge in [-0.05, 0) is 18.2 Å². The fraction of sp³-hybridized carbons (Fsp3) is 0.316. The molecule has 1 amide bonds. The van der Waals surface area contributed by atoms with Crippen molar-refractivity contribution < 1.29 is 14.3 Å². The van der Waals surface area contributed by atoms with Crippen molar-refractivity contribution in [2.24, 2.45) is 0 Å². The molecule has 5 heteroatoms. The van der Waals surface area contributed by atoms with E-state index in [1.54, 1.807) is 14.2 Å². The number of piperazine rings is 1. The molecule has 1 aliphatic heterocycles. The molecule has 0 saturated carbocycles. The Bertz CT molecular complexity index is 717. The standard InChI is InChI=1S/C19H22N2O3/c1-23-17-9-5-3-7-14(17)16-13-20-11-12-21(16)19(22)15-8-4-6-10-18(15)24-2/h3-10,16,20H,11-13H2,1-2H3. The van der Waals surface area contributed by atoms with Crippen molar-refractivity contribution in [1.82, 2.24) is 10.2 Å². The third-order valence-corrected chi connectivity index (χ3v) is 4.34. The molecular weight excluding hydrogens is 304 g/mol. The molecule has 5 nitrogen and oxygen atoms in total. The van der Waals surface area contributed by atoms with E-state index in [1.807, 2.05) is 53.4 Å². The van der Waals surface area contributed by atoms with Crippen molar-refractivity contribution >= 4 is 5.91 Å². The smallest absolute Gasteiger partial charge is 0.258 e. The zero-order valence-corrected chi connectivity index (χ0v) is 14.0. The van der Waals surface area contributed by atoms with E-state index in [0.29, 0.717) is 24.4 Å². The Morgan fingerprint density at radius 3 is 2.46 bits per heavy atom. The SMILES string of the molecule is COc1ccccc1C(=O)N1CCNCC1c1ccccc1OC. The fourth-order valence-corrected chi connectivity index (χ4v) is 3.14. The molecule has 24 heavy (non-hydrogen) atoms. The summed E-state index contributed by atoms with van der Waals surface area (Å²) in [7, 11) is 3.24. The van der Waals surface area contributed by atoms with Gasteiger partial charge in [0.15, 0.2) is 0 Å². The van der Waals surface area contributed by atoms with Crippen LogP contribution in [-0.2, 0) is 0 Å². The van der Waals surface area contributed by atoms with Crippen LogP contribution < -0.4 is 14.8 Å². The van der Waals surface area contributed by atoms with E-state index in [2.05, 4.69) is 5.32 Å². The van der Waals surface area contributed by atoms with Crippen LogP contribution >= 0.6 is 0 Å². The minimum absolute atomic E-state index is 0.0233. The number of nitrogens with zero attached hydrogens (tertiary/aromatic N) is 1. The third-order valence-electron chi connectivity index (χ3n) is 4.34. The maximum absolute atomic E-state index is 13.1. The summed E-state index contributed by atoms with van der Waals surface area (Å²) < 4.78 is 10.8. The molecule has 2 aromatic carbocycles. The number of hydrogen-bond acceptors (Lipinski definition) is 4. The summed E-state index contributed by atoms with van der Waals surface area (Å²) in [6.07, 6.45) is 0. The monoisotopic (exact) mass is 326 g/mol. The highest BCUT2D eigenvalue weighted by Gasteiger charge is 2.31. The molecule has 0 radical (unpaired) electrons. The lowest BCUT2D eigenvalue weighted by atomic mass is 10.0. The van der Waals surface area contributed by atoms with Crippen molar-refractivity contribution in [3.8, 4) is 11.5 Å². The minimum atomic E-state index is -0.0766. The number of carbonyl (C=O) groups excluding carboxylic acids is 1. The third kappa shape index (κ3) is 3.08. The average Bonchev–Trinajstić information content (AvgIpc) is 2.67. The van der Waals surface area contributed by atoms with Crippen LogP contribution in [0.4, 0.5) is 0 Å². The van der Waals surface area contributed by atoms with Gasteiger partial charge < -0.3 is 19.7 Å². The Morgan fingerprint density at radius 2 is 1.71 bits per heavy atom. The number of amides is 1. The van der Waals surface area contributed by atoms with E-state index in [0.717, 1.165) is 17.9 Å². The molecule has 1 aliphatic rings. The molecule has 1 fully saturated rings. The van der Waals surface area contributed by atoms with E-state index < -0.39 is 0 Å². The zero-order chi connectivity index (χ0) is 16.9. The molecule has 1 N–H and O–H groups in total. The van der Waals surface area contributed by atoms with Crippen LogP contribution in [0.2, 0.25) is 0 Å². The van der Waals surface area contributed by atoms with Crippen molar-refractivity contribution in [3.05, 3.63) is 59.7 Å². The summed E-state index contributed by atoms with van der Waals surface area (Å²) in [6.45, 7) is 2.10. The first-order valence-corrected chi connectivity index (χ1v) is 8.04. The molecule has 126 valence electrons. The number of para-hydroxylation sites is 2. The topological polar surface area (TPSA) is 50.8 Å². The number of ether oxygens (including phenoxy) is 2. The van der Waals surface area contributed by atoms with Crippen LogP contribution in [0.3, 0.4) is 0 Å². The summed E-state index contributed by atoms with van der Waals surface area (Å²) >= 11 is 0. The number of methoxy groups -OCH3 is 2. The summed E-state index contributed by atoms with van der Waals surface area (Å²) in [6, 6.07) is 15.1. The number of hydrogen-bond donors (Lipinski definition) is 1. The molecule has 1 atom stereocenters. The second-order valence-corrected chi connectivity index (χ2v) is 5.66. The summed E-state index contributed by atoms with van der Waals surface area (Å²) in [5, 5.41) is 3.37. The number of benzene rings is 2. The summed E-state index contributed by atoms with van der Waals surface area (Å²) in [5.74, 6) is 1.37. The number of rotatable bonds is 4. The molecule has 0 spiro atoms. The van der Waals surface area contributed by atoms with Gasteiger partial charge in [0.05, 0.1) is 25.8 Å². The highest BCUT2D eigenvalue weighted by molar-refractivity contribution is 5.97. The second kappa shape index (κ2) is 7.36. The molecule has 2 aromatic rings. The van der Waals surface area contributed by atoms with Crippen molar-refractivity contribution in [1.29, 1.82) is 0 Å². The molecule has 3 rings (SSSR count). The van der Waals surface area contributed by atoms with Crippen molar-refractivity contribution in [2.75, 3.05) is 33.9 Å². The first-order chi connectivity index (χ1) is 11.8. The summed E-state index contributed by atoms with van der Waals surface area (Å²) in [4.78, 5) is 15.0. The largest absolute Gasteiger partial charge is 0.496 e. The van der Waals surface area contributed by atoms with Crippen LogP contribution in [-0.4, -0.2) is 44.7 Å². The van der Waals surface area contributed by atoms with Crippen LogP contribution in [0.5, 0.6) is 11.5 Å². The average molecular weight is 326 g/mol. The minimum Gasteiger partial charge on any atom is -0.496 e. The predicted molar refractivity (Wildman–Crippen MR) is 92.6 cm³/mol. The first kappa shape index (κ1) is 16.3. The molecule has 0 aromatic heterocycles. The van der Waals surface area contributed by atoms with Gasteiger partial charge in [-0.15, -0.1) is 0 Å². The van der Waals surface area contributed by atoms with Crippen molar-refractivity contribution in [2.45, 2.75) is 6.04 Å². The fourth-order valence-electron chi connectivity index (χ4n) is 3.14. The van der Waals surface area contributed by atoms with Gasteiger partial charge in [0.1, 0.15) is 11.5 Å². The van der Waals surface area contributed by atoms with Gasteiger partial charge in [0.25, 0.3) is 5.91 Å².